The van der Waals surface area contributed by atoms with Gasteiger partial charge in [0.25, 0.3) is 0 Å². The summed E-state index contributed by atoms with van der Waals surface area (Å²) in [6.07, 6.45) is 3.05. The molecule has 3 heteroatoms. The van der Waals surface area contributed by atoms with Crippen molar-refractivity contribution in [2.45, 2.75) is 13.0 Å². The molecule has 2 rings (SSSR count). The van der Waals surface area contributed by atoms with Crippen LogP contribution in [0.25, 0.3) is 0 Å². The molecule has 0 spiro atoms. The third-order valence-electron chi connectivity index (χ3n) is 2.82. The summed E-state index contributed by atoms with van der Waals surface area (Å²) in [5, 5.41) is 2.32. The molecule has 2 aromatic rings. The van der Waals surface area contributed by atoms with E-state index in [2.05, 4.69) is 28.5 Å². The van der Waals surface area contributed by atoms with Crippen molar-refractivity contribution in [2.24, 2.45) is 0 Å². The number of nitrogens with two attached hydrogens (primary N) is 1. The van der Waals surface area contributed by atoms with Gasteiger partial charge >= 0.3 is 0 Å². The maximum Gasteiger partial charge on any atom is 0.118 e. The van der Waals surface area contributed by atoms with Crippen LogP contribution in [-0.2, 0) is 13.0 Å². The van der Waals surface area contributed by atoms with Gasteiger partial charge in [-0.2, -0.15) is 0 Å². The van der Waals surface area contributed by atoms with E-state index in [1.807, 2.05) is 24.4 Å². The molecule has 0 radical (unpaired) electrons. The van der Waals surface area contributed by atoms with Gasteiger partial charge in [0, 0.05) is 12.6 Å². The Balaban J connectivity index is 1.70. The first-order valence-electron chi connectivity index (χ1n) is 5.95. The van der Waals surface area contributed by atoms with Crippen molar-refractivity contribution in [3.05, 3.63) is 53.9 Å². The minimum Gasteiger partial charge on any atom is -0.497 e. The fraction of sp³-hybridized carbons (Fsp3) is 0.286. The lowest BCUT2D eigenvalue weighted by molar-refractivity contribution is -0.670. The molecule has 0 atom stereocenters. The van der Waals surface area contributed by atoms with Crippen LogP contribution >= 0.6 is 0 Å². The summed E-state index contributed by atoms with van der Waals surface area (Å²) in [6.45, 7) is 2.12. The van der Waals surface area contributed by atoms with Crippen molar-refractivity contribution in [2.75, 3.05) is 13.7 Å². The molecular weight excluding hydrogens is 212 g/mol. The van der Waals surface area contributed by atoms with E-state index in [-0.39, 0.29) is 0 Å². The van der Waals surface area contributed by atoms with Gasteiger partial charge in [-0.15, -0.1) is 0 Å². The molecule has 0 unspecified atom stereocenters. The Labute approximate surface area is 102 Å². The lowest BCUT2D eigenvalue weighted by Gasteiger charge is -2.03. The van der Waals surface area contributed by atoms with Crippen LogP contribution in [0.5, 0.6) is 5.75 Å². The molecular formula is C14H19N2O+. The summed E-state index contributed by atoms with van der Waals surface area (Å²) in [4.78, 5) is 3.20. The number of hydrogen-bond donors (Lipinski definition) is 2. The number of hydrogen-bond acceptors (Lipinski definition) is 1. The summed E-state index contributed by atoms with van der Waals surface area (Å²) >= 11 is 0. The van der Waals surface area contributed by atoms with Crippen LogP contribution in [0, 0.1) is 0 Å². The fourth-order valence-electron chi connectivity index (χ4n) is 1.81. The number of ether oxygens (including phenoxy) is 1. The van der Waals surface area contributed by atoms with Crippen LogP contribution in [0.15, 0.2) is 42.6 Å². The number of benzene rings is 1. The van der Waals surface area contributed by atoms with Gasteiger partial charge in [-0.3, -0.25) is 0 Å². The van der Waals surface area contributed by atoms with Crippen LogP contribution in [0.3, 0.4) is 0 Å². The molecule has 1 aromatic heterocycles. The lowest BCUT2D eigenvalue weighted by atomic mass is 10.1. The lowest BCUT2D eigenvalue weighted by Crippen LogP contribution is -2.83. The Morgan fingerprint density at radius 3 is 2.65 bits per heavy atom. The van der Waals surface area contributed by atoms with E-state index in [4.69, 9.17) is 4.74 Å². The zero-order valence-electron chi connectivity index (χ0n) is 10.1. The quantitative estimate of drug-likeness (QED) is 0.724. The minimum absolute atomic E-state index is 0.920. The largest absolute Gasteiger partial charge is 0.497 e. The van der Waals surface area contributed by atoms with Crippen LogP contribution in [0.2, 0.25) is 0 Å². The minimum atomic E-state index is 0.920. The Morgan fingerprint density at radius 2 is 2.00 bits per heavy atom. The van der Waals surface area contributed by atoms with Crippen LogP contribution in [0.4, 0.5) is 0 Å². The second-order valence-electron chi connectivity index (χ2n) is 4.07. The molecule has 0 bridgehead atoms. The molecule has 3 N–H and O–H groups in total. The highest BCUT2D eigenvalue weighted by molar-refractivity contribution is 5.27. The normalized spacial score (nSPS) is 10.4. The zero-order valence-corrected chi connectivity index (χ0v) is 10.1. The highest BCUT2D eigenvalue weighted by Gasteiger charge is 1.98. The maximum atomic E-state index is 5.13. The molecule has 1 heterocycles. The molecule has 0 saturated carbocycles. The second-order valence-corrected chi connectivity index (χ2v) is 4.07. The number of quaternary nitrogens is 1. The summed E-state index contributed by atoms with van der Waals surface area (Å²) in [7, 11) is 1.69. The number of aromatic amines is 1. The molecule has 0 aliphatic carbocycles. The second kappa shape index (κ2) is 6.11. The van der Waals surface area contributed by atoms with E-state index in [1.165, 1.54) is 11.3 Å². The van der Waals surface area contributed by atoms with Gasteiger partial charge in [-0.25, -0.2) is 0 Å². The molecule has 0 aliphatic heterocycles. The Kier molecular flexibility index (Phi) is 4.22. The maximum absolute atomic E-state index is 5.13. The molecule has 90 valence electrons. The first kappa shape index (κ1) is 11.7. The van der Waals surface area contributed by atoms with Gasteiger partial charge in [0.15, 0.2) is 0 Å². The van der Waals surface area contributed by atoms with Gasteiger partial charge in [0.05, 0.1) is 19.3 Å². The van der Waals surface area contributed by atoms with E-state index < -0.39 is 0 Å². The smallest absolute Gasteiger partial charge is 0.118 e. The van der Waals surface area contributed by atoms with E-state index in [0.717, 1.165) is 25.3 Å². The Morgan fingerprint density at radius 1 is 1.18 bits per heavy atom. The highest BCUT2D eigenvalue weighted by Crippen LogP contribution is 2.10. The van der Waals surface area contributed by atoms with Gasteiger partial charge in [0.1, 0.15) is 12.3 Å². The van der Waals surface area contributed by atoms with Crippen molar-refractivity contribution in [1.82, 2.24) is 4.98 Å². The molecule has 1 aromatic carbocycles. The predicted molar refractivity (Wildman–Crippen MR) is 68.0 cm³/mol. The average Bonchev–Trinajstić information content (AvgIpc) is 2.88. The van der Waals surface area contributed by atoms with Crippen molar-refractivity contribution in [3.63, 3.8) is 0 Å². The van der Waals surface area contributed by atoms with Gasteiger partial charge in [-0.05, 0) is 29.8 Å². The average molecular weight is 231 g/mol. The zero-order chi connectivity index (χ0) is 11.9. The Bertz CT molecular complexity index is 420. The van der Waals surface area contributed by atoms with Gasteiger partial charge in [-0.1, -0.05) is 12.1 Å². The fourth-order valence-corrected chi connectivity index (χ4v) is 1.81. The predicted octanol–water partition coefficient (Wildman–Crippen LogP) is 1.33. The monoisotopic (exact) mass is 231 g/mol. The van der Waals surface area contributed by atoms with Crippen LogP contribution in [-0.4, -0.2) is 18.6 Å². The van der Waals surface area contributed by atoms with Crippen molar-refractivity contribution in [1.29, 1.82) is 0 Å². The SMILES string of the molecule is COc1ccc(CC[NH2+]Cc2ccc[nH]2)cc1. The van der Waals surface area contributed by atoms with E-state index in [9.17, 15) is 0 Å². The van der Waals surface area contributed by atoms with Crippen molar-refractivity contribution in [3.8, 4) is 5.75 Å². The summed E-state index contributed by atoms with van der Waals surface area (Å²) < 4.78 is 5.13. The number of rotatable bonds is 6. The highest BCUT2D eigenvalue weighted by atomic mass is 16.5. The van der Waals surface area contributed by atoms with Crippen molar-refractivity contribution < 1.29 is 10.1 Å². The molecule has 3 nitrogen and oxygen atoms in total. The topological polar surface area (TPSA) is 41.6 Å². The third kappa shape index (κ3) is 3.64. The number of aromatic nitrogens is 1. The third-order valence-corrected chi connectivity index (χ3v) is 2.82. The van der Waals surface area contributed by atoms with E-state index in [0.29, 0.717) is 0 Å². The summed E-state index contributed by atoms with van der Waals surface area (Å²) in [5.41, 5.74) is 2.63. The standard InChI is InChI=1S/C14H18N2O/c1-17-14-6-4-12(5-7-14)8-10-15-11-13-3-2-9-16-13/h2-7,9,15-16H,8,10-11H2,1H3/p+1. The van der Waals surface area contributed by atoms with Crippen molar-refractivity contribution >= 4 is 0 Å². The summed E-state index contributed by atoms with van der Waals surface area (Å²) in [5.74, 6) is 0.920. The first-order valence-corrected chi connectivity index (χ1v) is 5.95. The van der Waals surface area contributed by atoms with Gasteiger partial charge in [0.2, 0.25) is 0 Å². The number of H-pyrrole nitrogens is 1. The Hall–Kier alpha value is -1.74. The van der Waals surface area contributed by atoms with Gasteiger partial charge < -0.3 is 15.0 Å². The number of methoxy groups -OCH3 is 1. The molecule has 0 fully saturated rings. The molecule has 0 aliphatic rings. The number of nitrogens with one attached hydrogen (secondary N) is 1. The molecule has 17 heavy (non-hydrogen) atoms. The first-order chi connectivity index (χ1) is 8.38. The van der Waals surface area contributed by atoms with Crippen LogP contribution in [0.1, 0.15) is 11.3 Å². The van der Waals surface area contributed by atoms with Crippen LogP contribution < -0.4 is 10.1 Å². The molecule has 0 amide bonds. The summed E-state index contributed by atoms with van der Waals surface area (Å²) in [6, 6.07) is 12.4. The van der Waals surface area contributed by atoms with E-state index in [1.54, 1.807) is 7.11 Å². The molecule has 0 saturated heterocycles. The van der Waals surface area contributed by atoms with E-state index >= 15 is 0 Å².